The zero-order chi connectivity index (χ0) is 14.8. The van der Waals surface area contributed by atoms with Gasteiger partial charge in [-0.1, -0.05) is 53.5 Å². The van der Waals surface area contributed by atoms with Crippen molar-refractivity contribution in [2.75, 3.05) is 0 Å². The molecule has 3 rings (SSSR count). The van der Waals surface area contributed by atoms with Crippen molar-refractivity contribution in [1.29, 1.82) is 0 Å². The van der Waals surface area contributed by atoms with Gasteiger partial charge in [-0.3, -0.25) is 0 Å². The highest BCUT2D eigenvalue weighted by molar-refractivity contribution is 6.35. The molecule has 0 saturated carbocycles. The van der Waals surface area contributed by atoms with Crippen molar-refractivity contribution < 1.29 is 4.74 Å². The zero-order valence-electron chi connectivity index (χ0n) is 11.1. The summed E-state index contributed by atoms with van der Waals surface area (Å²) in [6.45, 7) is 0.448. The minimum Gasteiger partial charge on any atom is -0.455 e. The van der Waals surface area contributed by atoms with Crippen molar-refractivity contribution in [2.45, 2.75) is 6.54 Å². The fraction of sp³-hybridized carbons (Fsp3) is 0.0588. The highest BCUT2D eigenvalue weighted by atomic mass is 35.5. The van der Waals surface area contributed by atoms with E-state index >= 15 is 0 Å². The third-order valence-corrected chi connectivity index (χ3v) is 3.91. The molecule has 21 heavy (non-hydrogen) atoms. The van der Waals surface area contributed by atoms with Gasteiger partial charge < -0.3 is 10.5 Å². The van der Waals surface area contributed by atoms with Gasteiger partial charge in [0.1, 0.15) is 11.5 Å². The van der Waals surface area contributed by atoms with E-state index in [0.717, 1.165) is 22.1 Å². The Hall–Kier alpha value is -1.74. The van der Waals surface area contributed by atoms with Gasteiger partial charge in [0.25, 0.3) is 0 Å². The lowest BCUT2D eigenvalue weighted by Gasteiger charge is -2.12. The first-order valence-corrected chi connectivity index (χ1v) is 7.28. The van der Waals surface area contributed by atoms with Gasteiger partial charge in [-0.25, -0.2) is 0 Å². The molecule has 0 amide bonds. The predicted molar refractivity (Wildman–Crippen MR) is 88.4 cm³/mol. The van der Waals surface area contributed by atoms with E-state index < -0.39 is 0 Å². The average molecular weight is 318 g/mol. The first-order valence-electron chi connectivity index (χ1n) is 6.52. The lowest BCUT2D eigenvalue weighted by atomic mass is 10.1. The number of rotatable bonds is 3. The summed E-state index contributed by atoms with van der Waals surface area (Å²) < 4.78 is 5.95. The maximum atomic E-state index is 6.23. The smallest absolute Gasteiger partial charge is 0.146 e. The first kappa shape index (κ1) is 14.2. The molecule has 106 valence electrons. The van der Waals surface area contributed by atoms with Gasteiger partial charge in [-0.2, -0.15) is 0 Å². The fourth-order valence-corrected chi connectivity index (χ4v) is 2.67. The molecular formula is C17H13Cl2NO. The monoisotopic (exact) mass is 317 g/mol. The second-order valence-electron chi connectivity index (χ2n) is 4.66. The van der Waals surface area contributed by atoms with Crippen LogP contribution in [0.1, 0.15) is 5.56 Å². The standard InChI is InChI=1S/C17H13Cl2NO/c18-14-6-8-16(13-4-2-1-3-12(13)14)21-17-7-5-11(10-20)9-15(17)19/h1-9H,10,20H2. The van der Waals surface area contributed by atoms with E-state index in [2.05, 4.69) is 0 Å². The van der Waals surface area contributed by atoms with Crippen molar-refractivity contribution in [3.8, 4) is 11.5 Å². The Balaban J connectivity index is 2.04. The number of fused-ring (bicyclic) bond motifs is 1. The molecule has 0 heterocycles. The lowest BCUT2D eigenvalue weighted by molar-refractivity contribution is 0.488. The van der Waals surface area contributed by atoms with Crippen LogP contribution in [0.25, 0.3) is 10.8 Å². The largest absolute Gasteiger partial charge is 0.455 e. The third-order valence-electron chi connectivity index (χ3n) is 3.28. The molecule has 0 radical (unpaired) electrons. The normalized spacial score (nSPS) is 10.8. The van der Waals surface area contributed by atoms with Crippen LogP contribution in [-0.4, -0.2) is 0 Å². The van der Waals surface area contributed by atoms with Gasteiger partial charge >= 0.3 is 0 Å². The van der Waals surface area contributed by atoms with Gasteiger partial charge in [0, 0.05) is 22.3 Å². The second-order valence-corrected chi connectivity index (χ2v) is 5.48. The molecule has 2 N–H and O–H groups in total. The van der Waals surface area contributed by atoms with Crippen LogP contribution in [0.3, 0.4) is 0 Å². The zero-order valence-corrected chi connectivity index (χ0v) is 12.7. The van der Waals surface area contributed by atoms with Crippen LogP contribution in [0, 0.1) is 0 Å². The maximum Gasteiger partial charge on any atom is 0.146 e. The van der Waals surface area contributed by atoms with Crippen LogP contribution in [0.4, 0.5) is 0 Å². The molecule has 3 aromatic carbocycles. The van der Waals surface area contributed by atoms with Gasteiger partial charge in [0.15, 0.2) is 0 Å². The number of hydrogen-bond donors (Lipinski definition) is 1. The number of ether oxygens (including phenoxy) is 1. The minimum absolute atomic E-state index is 0.448. The fourth-order valence-electron chi connectivity index (χ4n) is 2.20. The minimum atomic E-state index is 0.448. The van der Waals surface area contributed by atoms with E-state index in [0.29, 0.717) is 22.3 Å². The number of benzene rings is 3. The summed E-state index contributed by atoms with van der Waals surface area (Å²) in [4.78, 5) is 0. The second kappa shape index (κ2) is 5.94. The molecule has 0 aromatic heterocycles. The Bertz CT molecular complexity index is 802. The summed E-state index contributed by atoms with van der Waals surface area (Å²) in [6, 6.07) is 17.0. The topological polar surface area (TPSA) is 35.2 Å². The van der Waals surface area contributed by atoms with Crippen LogP contribution in [0.5, 0.6) is 11.5 Å². The Morgan fingerprint density at radius 3 is 2.24 bits per heavy atom. The molecule has 0 atom stereocenters. The summed E-state index contributed by atoms with van der Waals surface area (Å²) in [7, 11) is 0. The summed E-state index contributed by atoms with van der Waals surface area (Å²) >= 11 is 12.4. The van der Waals surface area contributed by atoms with E-state index in [1.807, 2.05) is 54.6 Å². The molecule has 0 spiro atoms. The summed E-state index contributed by atoms with van der Waals surface area (Å²) in [5.74, 6) is 1.32. The van der Waals surface area contributed by atoms with Crippen molar-refractivity contribution in [3.05, 3.63) is 70.2 Å². The molecule has 0 saturated heterocycles. The molecule has 0 unspecified atom stereocenters. The number of halogens is 2. The molecule has 4 heteroatoms. The Morgan fingerprint density at radius 2 is 1.52 bits per heavy atom. The van der Waals surface area contributed by atoms with Crippen LogP contribution in [0.15, 0.2) is 54.6 Å². The van der Waals surface area contributed by atoms with E-state index in [4.69, 9.17) is 33.7 Å². The highest BCUT2D eigenvalue weighted by Crippen LogP contribution is 2.36. The Labute approximate surface area is 133 Å². The third kappa shape index (κ3) is 2.84. The van der Waals surface area contributed by atoms with Crippen molar-refractivity contribution >= 4 is 34.0 Å². The quantitative estimate of drug-likeness (QED) is 0.702. The summed E-state index contributed by atoms with van der Waals surface area (Å²) in [5, 5.41) is 3.13. The molecule has 0 fully saturated rings. The van der Waals surface area contributed by atoms with Gasteiger partial charge in [-0.05, 0) is 29.8 Å². The maximum absolute atomic E-state index is 6.23. The van der Waals surface area contributed by atoms with E-state index in [-0.39, 0.29) is 0 Å². The van der Waals surface area contributed by atoms with Crippen molar-refractivity contribution in [2.24, 2.45) is 5.73 Å². The van der Waals surface area contributed by atoms with Crippen LogP contribution in [0.2, 0.25) is 10.0 Å². The first-order chi connectivity index (χ1) is 10.2. The van der Waals surface area contributed by atoms with E-state index in [1.165, 1.54) is 0 Å². The van der Waals surface area contributed by atoms with Gasteiger partial charge in [0.05, 0.1) is 5.02 Å². The summed E-state index contributed by atoms with van der Waals surface area (Å²) in [5.41, 5.74) is 6.56. The lowest BCUT2D eigenvalue weighted by Crippen LogP contribution is -1.96. The number of hydrogen-bond acceptors (Lipinski definition) is 2. The molecule has 3 aromatic rings. The number of nitrogens with two attached hydrogens (primary N) is 1. The van der Waals surface area contributed by atoms with E-state index in [9.17, 15) is 0 Å². The molecule has 0 aliphatic carbocycles. The molecular weight excluding hydrogens is 305 g/mol. The average Bonchev–Trinajstić information content (AvgIpc) is 2.52. The Morgan fingerprint density at radius 1 is 0.810 bits per heavy atom. The van der Waals surface area contributed by atoms with E-state index in [1.54, 1.807) is 0 Å². The van der Waals surface area contributed by atoms with Crippen molar-refractivity contribution in [1.82, 2.24) is 0 Å². The molecule has 0 aliphatic heterocycles. The van der Waals surface area contributed by atoms with Crippen LogP contribution >= 0.6 is 23.2 Å². The van der Waals surface area contributed by atoms with Crippen molar-refractivity contribution in [3.63, 3.8) is 0 Å². The van der Waals surface area contributed by atoms with Gasteiger partial charge in [0.2, 0.25) is 0 Å². The highest BCUT2D eigenvalue weighted by Gasteiger charge is 2.09. The summed E-state index contributed by atoms with van der Waals surface area (Å²) in [6.07, 6.45) is 0. The Kier molecular flexibility index (Phi) is 4.02. The van der Waals surface area contributed by atoms with Gasteiger partial charge in [-0.15, -0.1) is 0 Å². The SMILES string of the molecule is NCc1ccc(Oc2ccc(Cl)c3ccccc23)c(Cl)c1. The van der Waals surface area contributed by atoms with Crippen LogP contribution in [-0.2, 0) is 6.54 Å². The predicted octanol–water partition coefficient (Wildman–Crippen LogP) is 5.40. The molecule has 0 aliphatic rings. The molecule has 0 bridgehead atoms. The molecule has 2 nitrogen and oxygen atoms in total. The van der Waals surface area contributed by atoms with Crippen LogP contribution < -0.4 is 10.5 Å².